The number of fused-ring (bicyclic) bond motifs is 18. The Balaban J connectivity index is 0.000000130. The van der Waals surface area contributed by atoms with Gasteiger partial charge in [0.2, 0.25) is 17.6 Å². The van der Waals surface area contributed by atoms with Gasteiger partial charge in [-0.05, 0) is 152 Å². The van der Waals surface area contributed by atoms with Crippen molar-refractivity contribution in [1.29, 1.82) is 0 Å². The molecule has 0 N–H and O–H groups in total. The third-order valence-electron chi connectivity index (χ3n) is 26.1. The first-order chi connectivity index (χ1) is 71.7. The minimum absolute atomic E-state index is 0. The van der Waals surface area contributed by atoms with Crippen molar-refractivity contribution in [2.45, 2.75) is 26.7 Å². The number of pyridine rings is 6. The number of para-hydroxylation sites is 6. The second-order valence-electron chi connectivity index (χ2n) is 35.4. The van der Waals surface area contributed by atoms with Gasteiger partial charge in [0.25, 0.3) is 0 Å². The molecule has 0 aliphatic carbocycles. The monoisotopic (exact) mass is 2450 g/mol. The number of hydrogen-bond acceptors (Lipinski definition) is 12. The van der Waals surface area contributed by atoms with Crippen LogP contribution in [-0.4, -0.2) is 43.1 Å². The zero-order chi connectivity index (χ0) is 97.1. The van der Waals surface area contributed by atoms with Crippen molar-refractivity contribution in [3.8, 4) is 90.9 Å². The largest absolute Gasteiger partial charge is 2.00 e. The van der Waals surface area contributed by atoms with Crippen molar-refractivity contribution in [3.63, 3.8) is 0 Å². The van der Waals surface area contributed by atoms with Crippen LogP contribution in [0.2, 0.25) is 0 Å². The van der Waals surface area contributed by atoms with E-state index >= 15 is 0 Å². The molecule has 148 heavy (non-hydrogen) atoms. The van der Waals surface area contributed by atoms with Crippen LogP contribution in [0.4, 0.5) is 51.2 Å². The number of rotatable bonds is 21. The van der Waals surface area contributed by atoms with Gasteiger partial charge < -0.3 is 42.1 Å². The zero-order valence-corrected chi connectivity index (χ0v) is 87.0. The summed E-state index contributed by atoms with van der Waals surface area (Å²) in [6, 6.07) is 171. The molecule has 0 saturated heterocycles. The minimum Gasteiger partial charge on any atom is -0.466 e. The molecule has 0 unspecified atom stereocenters. The summed E-state index contributed by atoms with van der Waals surface area (Å²) in [7, 11) is 0. The number of nitrogens with zero attached hydrogens (tertiary/aromatic N) is 12. The van der Waals surface area contributed by atoms with Crippen molar-refractivity contribution in [2.24, 2.45) is 0 Å². The third kappa shape index (κ3) is 19.1. The Morgan fingerprint density at radius 3 is 0.905 bits per heavy atom. The van der Waals surface area contributed by atoms with Gasteiger partial charge in [-0.25, -0.2) is 15.0 Å². The molecular weight excluding hydrogens is 2360 g/mol. The molecule has 9 heterocycles. The average molecular weight is 2450 g/mol. The molecule has 0 aliphatic rings. The quantitative estimate of drug-likeness (QED) is 0.0502. The normalized spacial score (nSPS) is 11.1. The van der Waals surface area contributed by atoms with Gasteiger partial charge in [0, 0.05) is 123 Å². The molecule has 716 valence electrons. The van der Waals surface area contributed by atoms with Crippen LogP contribution in [0.3, 0.4) is 0 Å². The first-order valence-electron chi connectivity index (χ1n) is 48.2. The van der Waals surface area contributed by atoms with Gasteiger partial charge in [-0.2, -0.15) is 18.2 Å². The van der Waals surface area contributed by atoms with Crippen LogP contribution >= 0.6 is 0 Å². The summed E-state index contributed by atoms with van der Waals surface area (Å²) in [5.74, 6) is 3.63. The molecule has 0 saturated carbocycles. The van der Waals surface area contributed by atoms with Gasteiger partial charge in [0.05, 0.1) is 34.0 Å². The number of hydrogen-bond donors (Lipinski definition) is 0. The van der Waals surface area contributed by atoms with E-state index in [-0.39, 0.29) is 63.2 Å². The second-order valence-corrected chi connectivity index (χ2v) is 35.4. The predicted octanol–water partition coefficient (Wildman–Crippen LogP) is 33.5. The van der Waals surface area contributed by atoms with E-state index in [1.807, 2.05) is 182 Å². The van der Waals surface area contributed by atoms with Crippen LogP contribution < -0.4 is 28.9 Å². The summed E-state index contributed by atoms with van der Waals surface area (Å²) in [5, 5.41) is 9.51. The summed E-state index contributed by atoms with van der Waals surface area (Å²) in [6.07, 6.45) is 11.1. The molecule has 0 aliphatic heterocycles. The van der Waals surface area contributed by atoms with Gasteiger partial charge in [0.15, 0.2) is 0 Å². The maximum absolute atomic E-state index is 6.13. The van der Waals surface area contributed by atoms with Crippen LogP contribution in [0.1, 0.15) is 30.9 Å². The molecule has 0 radical (unpaired) electrons. The molecule has 26 aromatic rings. The first-order valence-corrected chi connectivity index (χ1v) is 48.2. The van der Waals surface area contributed by atoms with Crippen molar-refractivity contribution in [2.75, 3.05) is 14.7 Å². The molecule has 0 fully saturated rings. The summed E-state index contributed by atoms with van der Waals surface area (Å²) < 4.78 is 25.1. The molecule has 17 aromatic carbocycles. The SMILES string of the molecule is CC(C)c1ccccc1-c1cnc2c3[c-]c(N(c4[c-]c(Oc5ccccn5)ccc4)c4ccccc4)ccc3c3ccccc3n12.Cc1ccccc1-c1cnc2c3[c-]c(N(c4[c-]c(Oc5ccccn5)ccc4)c4ccccc4)ccc3c3ccccc3n12.[Pt+2].[Pt+2].[Pt+2].[c-]1c(Oc2ccccn2)cccc1N(c1[c-]c2c(cc1)c1ccccc1n1c(-c3c(-c4ccccc4)cccc3-c3ccccc3)cnc21)c1ccccc1. The standard InChI is InChI=1S/C50H32N4O.C41H30N4O.C39H26N4O.3Pt/c1-4-16-35(17-5-1)41-25-15-26-42(36-18-6-2-7-19-36)49(41)47-34-52-50-45-33-39(29-30-43(45)44-24-10-11-27-46(44)54(47)50)53(37-20-8-3-9-21-37)38-22-14-23-40(32-38)55-48-28-12-13-31-51-48;1-28(2)33-17-6-7-18-35(33)39-27-43-41-37-26-31(22-23-34(37)36-19-8-9-20-38(36)45(39)41)44(29-13-4-3-5-14-29)30-15-12-16-32(25-30)46-40-21-10-11-24-42-40;1-27-12-5-6-17-32(27)37-26-41-39-35-25-30(21-22-33(35)34-18-7-8-19-36(34)43(37)39)42(28-13-3-2-4-14-28)29-15-11-16-31(24-29)44-38-20-9-10-23-40-38;;;/h1-31,34H;3-24,27-28H,1-2H3;2-23,26H,1H3;;;/q3*-2;3*+2. The van der Waals surface area contributed by atoms with E-state index in [2.05, 4.69) is 373 Å². The number of ether oxygens (including phenoxy) is 3. The fourth-order valence-corrected chi connectivity index (χ4v) is 19.6. The molecule has 26 rings (SSSR count). The summed E-state index contributed by atoms with van der Waals surface area (Å²) in [6.45, 7) is 6.62. The summed E-state index contributed by atoms with van der Waals surface area (Å²) in [5.41, 5.74) is 27.5. The van der Waals surface area contributed by atoms with E-state index in [1.54, 1.807) is 18.6 Å². The molecule has 18 heteroatoms. The molecule has 0 spiro atoms. The number of anilines is 9. The van der Waals surface area contributed by atoms with Crippen molar-refractivity contribution in [3.05, 3.63) is 521 Å². The van der Waals surface area contributed by atoms with E-state index < -0.39 is 0 Å². The Kier molecular flexibility index (Phi) is 28.3. The van der Waals surface area contributed by atoms with Crippen molar-refractivity contribution >= 4 is 133 Å². The number of aromatic nitrogens is 9. The van der Waals surface area contributed by atoms with Crippen LogP contribution in [0, 0.1) is 43.3 Å². The van der Waals surface area contributed by atoms with Gasteiger partial charge in [-0.1, -0.05) is 318 Å². The Hall–Kier alpha value is -17.3. The van der Waals surface area contributed by atoms with Gasteiger partial charge in [-0.15, -0.1) is 109 Å². The van der Waals surface area contributed by atoms with Gasteiger partial charge in [-0.3, -0.25) is 15.0 Å². The fourth-order valence-electron chi connectivity index (χ4n) is 19.6. The minimum atomic E-state index is 0. The van der Waals surface area contributed by atoms with Crippen LogP contribution in [0.15, 0.2) is 474 Å². The fraction of sp³-hybridized carbons (Fsp3) is 0.0308. The van der Waals surface area contributed by atoms with Gasteiger partial charge >= 0.3 is 63.2 Å². The van der Waals surface area contributed by atoms with Crippen LogP contribution in [0.5, 0.6) is 34.9 Å². The van der Waals surface area contributed by atoms with Crippen LogP contribution in [-0.2, 0) is 63.2 Å². The topological polar surface area (TPSA) is 128 Å². The third-order valence-corrected chi connectivity index (χ3v) is 26.1. The van der Waals surface area contributed by atoms with Crippen molar-refractivity contribution in [1.82, 2.24) is 43.1 Å². The van der Waals surface area contributed by atoms with Crippen molar-refractivity contribution < 1.29 is 77.4 Å². The number of aryl methyl sites for hydroxylation is 1. The van der Waals surface area contributed by atoms with E-state index in [1.165, 1.54) is 16.7 Å². The predicted molar refractivity (Wildman–Crippen MR) is 587 cm³/mol. The average Bonchev–Trinajstić information content (AvgIpc) is 1.52. The summed E-state index contributed by atoms with van der Waals surface area (Å²) in [4.78, 5) is 34.7. The Morgan fingerprint density at radius 2 is 0.541 bits per heavy atom. The molecule has 15 nitrogen and oxygen atoms in total. The van der Waals surface area contributed by atoms with Gasteiger partial charge in [0.1, 0.15) is 0 Å². The molecule has 9 aromatic heterocycles. The Bertz CT molecular complexity index is 9200. The molecular formula is C130H88N12O3Pt3. The molecule has 0 bridgehead atoms. The number of benzene rings is 17. The molecule has 0 amide bonds. The van der Waals surface area contributed by atoms with E-state index in [0.717, 1.165) is 184 Å². The number of imidazole rings is 3. The summed E-state index contributed by atoms with van der Waals surface area (Å²) >= 11 is 0. The first kappa shape index (κ1) is 96.8. The smallest absolute Gasteiger partial charge is 0.466 e. The maximum Gasteiger partial charge on any atom is 2.00 e. The molecule has 0 atom stereocenters. The Labute approximate surface area is 899 Å². The maximum atomic E-state index is 6.13. The second kappa shape index (κ2) is 43.3. The van der Waals surface area contributed by atoms with E-state index in [9.17, 15) is 0 Å². The van der Waals surface area contributed by atoms with E-state index in [4.69, 9.17) is 29.2 Å². The van der Waals surface area contributed by atoms with Crippen LogP contribution in [0.25, 0.3) is 138 Å². The Morgan fingerprint density at radius 1 is 0.243 bits per heavy atom. The zero-order valence-electron chi connectivity index (χ0n) is 80.2. The van der Waals surface area contributed by atoms with E-state index in [0.29, 0.717) is 40.8 Å².